The number of nitrogens with zero attached hydrogens (tertiary/aromatic N) is 4. The van der Waals surface area contributed by atoms with E-state index in [9.17, 15) is 0 Å². The lowest BCUT2D eigenvalue weighted by atomic mass is 10.1. The van der Waals surface area contributed by atoms with E-state index in [1.165, 1.54) is 5.56 Å². The van der Waals surface area contributed by atoms with Gasteiger partial charge in [-0.1, -0.05) is 65.9 Å². The van der Waals surface area contributed by atoms with Crippen LogP contribution in [0.1, 0.15) is 17.7 Å². The molecule has 33 heavy (non-hydrogen) atoms. The van der Waals surface area contributed by atoms with Crippen molar-refractivity contribution < 1.29 is 4.42 Å². The van der Waals surface area contributed by atoms with Crippen molar-refractivity contribution in [1.82, 2.24) is 20.0 Å². The Bertz CT molecular complexity index is 1550. The van der Waals surface area contributed by atoms with Gasteiger partial charge in [0.15, 0.2) is 5.58 Å². The highest BCUT2D eigenvalue weighted by Gasteiger charge is 2.16. The van der Waals surface area contributed by atoms with Gasteiger partial charge >= 0.3 is 0 Å². The van der Waals surface area contributed by atoms with Gasteiger partial charge in [0.1, 0.15) is 16.8 Å². The van der Waals surface area contributed by atoms with Crippen LogP contribution in [0.4, 0.5) is 5.69 Å². The van der Waals surface area contributed by atoms with Gasteiger partial charge in [-0.25, -0.2) is 4.98 Å². The van der Waals surface area contributed by atoms with Gasteiger partial charge < -0.3 is 9.73 Å². The quantitative estimate of drug-likeness (QED) is 0.336. The standard InChI is InChI=1S/C27H23N5O/c1-2-9-19(10-3-1)11-8-16-32-18-20(30-31-32)17-28-25-21-12-4-6-14-23(21)29-26-22-13-5-7-15-24(22)33-27(25)26/h1-7,9-10,12-15,18H,8,11,16-17H2,(H,28,29). The molecule has 0 spiro atoms. The first kappa shape index (κ1) is 19.5. The fourth-order valence-corrected chi connectivity index (χ4v) is 4.31. The lowest BCUT2D eigenvalue weighted by Gasteiger charge is -2.09. The van der Waals surface area contributed by atoms with Gasteiger partial charge in [0.05, 0.1) is 23.9 Å². The Kier molecular flexibility index (Phi) is 4.96. The maximum absolute atomic E-state index is 6.21. The highest BCUT2D eigenvalue weighted by Crippen LogP contribution is 2.36. The monoisotopic (exact) mass is 433 g/mol. The molecule has 0 saturated heterocycles. The van der Waals surface area contributed by atoms with Crippen LogP contribution in [-0.4, -0.2) is 20.0 Å². The molecule has 0 atom stereocenters. The SMILES string of the molecule is c1ccc(CCCn2cc(CNc3c4ccccc4nc4c3oc3ccccc34)nn2)cc1. The number of aryl methyl sites for hydroxylation is 2. The van der Waals surface area contributed by atoms with Gasteiger partial charge in [-0.15, -0.1) is 5.10 Å². The molecule has 0 radical (unpaired) electrons. The first-order valence-electron chi connectivity index (χ1n) is 11.2. The highest BCUT2D eigenvalue weighted by atomic mass is 16.3. The zero-order valence-electron chi connectivity index (χ0n) is 18.1. The van der Waals surface area contributed by atoms with Crippen LogP contribution in [0, 0.1) is 0 Å². The van der Waals surface area contributed by atoms with Crippen molar-refractivity contribution in [2.75, 3.05) is 5.32 Å². The van der Waals surface area contributed by atoms with E-state index in [2.05, 4.69) is 46.0 Å². The summed E-state index contributed by atoms with van der Waals surface area (Å²) in [6.45, 7) is 1.40. The lowest BCUT2D eigenvalue weighted by molar-refractivity contribution is 0.558. The molecule has 0 aliphatic heterocycles. The molecule has 1 N–H and O–H groups in total. The smallest absolute Gasteiger partial charge is 0.177 e. The molecule has 6 aromatic rings. The van der Waals surface area contributed by atoms with Crippen LogP contribution in [0.3, 0.4) is 0 Å². The van der Waals surface area contributed by atoms with Crippen LogP contribution in [0.5, 0.6) is 0 Å². The normalized spacial score (nSPS) is 11.5. The molecular weight excluding hydrogens is 410 g/mol. The first-order chi connectivity index (χ1) is 16.3. The molecule has 6 nitrogen and oxygen atoms in total. The zero-order valence-corrected chi connectivity index (χ0v) is 18.1. The summed E-state index contributed by atoms with van der Waals surface area (Å²) in [5, 5.41) is 14.3. The topological polar surface area (TPSA) is 68.8 Å². The number of pyridine rings is 1. The zero-order chi connectivity index (χ0) is 22.0. The van der Waals surface area contributed by atoms with Crippen LogP contribution in [0.15, 0.2) is 89.5 Å². The van der Waals surface area contributed by atoms with Gasteiger partial charge in [0.2, 0.25) is 0 Å². The molecule has 0 bridgehead atoms. The van der Waals surface area contributed by atoms with Crippen LogP contribution in [0.2, 0.25) is 0 Å². The molecule has 0 aliphatic carbocycles. The van der Waals surface area contributed by atoms with E-state index in [0.717, 1.165) is 63.7 Å². The first-order valence-corrected chi connectivity index (χ1v) is 11.2. The maximum atomic E-state index is 6.21. The summed E-state index contributed by atoms with van der Waals surface area (Å²) in [5.74, 6) is 0. The number of benzene rings is 3. The molecule has 0 unspecified atom stereocenters. The second-order valence-electron chi connectivity index (χ2n) is 8.20. The molecule has 6 heteroatoms. The Labute approximate surface area is 190 Å². The second kappa shape index (κ2) is 8.39. The Morgan fingerprint density at radius 3 is 2.55 bits per heavy atom. The number of para-hydroxylation sites is 2. The number of furan rings is 1. The minimum absolute atomic E-state index is 0.554. The average molecular weight is 434 g/mol. The Morgan fingerprint density at radius 1 is 0.848 bits per heavy atom. The minimum atomic E-state index is 0.554. The van der Waals surface area contributed by atoms with Crippen LogP contribution in [-0.2, 0) is 19.5 Å². The van der Waals surface area contributed by atoms with Crippen molar-refractivity contribution in [1.29, 1.82) is 0 Å². The van der Waals surface area contributed by atoms with Crippen molar-refractivity contribution in [3.05, 3.63) is 96.3 Å². The Balaban J connectivity index is 1.24. The molecule has 3 aromatic carbocycles. The molecule has 0 amide bonds. The van der Waals surface area contributed by atoms with Crippen LogP contribution in [0.25, 0.3) is 33.0 Å². The number of rotatable bonds is 7. The summed E-state index contributed by atoms with van der Waals surface area (Å²) in [6, 6.07) is 26.7. The van der Waals surface area contributed by atoms with Crippen molar-refractivity contribution in [3.63, 3.8) is 0 Å². The van der Waals surface area contributed by atoms with Crippen molar-refractivity contribution in [2.24, 2.45) is 0 Å². The fourth-order valence-electron chi connectivity index (χ4n) is 4.31. The van der Waals surface area contributed by atoms with E-state index in [1.807, 2.05) is 59.4 Å². The van der Waals surface area contributed by atoms with Crippen molar-refractivity contribution in [2.45, 2.75) is 25.9 Å². The van der Waals surface area contributed by atoms with Gasteiger partial charge in [0, 0.05) is 17.3 Å². The second-order valence-corrected chi connectivity index (χ2v) is 8.20. The third-order valence-electron chi connectivity index (χ3n) is 5.93. The van der Waals surface area contributed by atoms with E-state index >= 15 is 0 Å². The summed E-state index contributed by atoms with van der Waals surface area (Å²) in [5.41, 5.74) is 6.58. The molecule has 0 aliphatic rings. The summed E-state index contributed by atoms with van der Waals surface area (Å²) >= 11 is 0. The number of aromatic nitrogens is 4. The molecule has 3 heterocycles. The predicted molar refractivity (Wildman–Crippen MR) is 131 cm³/mol. The number of nitrogens with one attached hydrogen (secondary N) is 1. The van der Waals surface area contributed by atoms with Crippen molar-refractivity contribution >= 4 is 38.7 Å². The van der Waals surface area contributed by atoms with Gasteiger partial charge in [-0.2, -0.15) is 0 Å². The summed E-state index contributed by atoms with van der Waals surface area (Å²) in [4.78, 5) is 4.88. The summed E-state index contributed by atoms with van der Waals surface area (Å²) in [7, 11) is 0. The molecular formula is C27H23N5O. The molecule has 162 valence electrons. The Hall–Kier alpha value is -4.19. The van der Waals surface area contributed by atoms with Gasteiger partial charge in [-0.05, 0) is 36.6 Å². The predicted octanol–water partition coefficient (Wildman–Crippen LogP) is 5.97. The third-order valence-corrected chi connectivity index (χ3v) is 5.93. The van der Waals surface area contributed by atoms with Gasteiger partial charge in [-0.3, -0.25) is 4.68 Å². The van der Waals surface area contributed by atoms with E-state index in [0.29, 0.717) is 6.54 Å². The number of hydrogen-bond acceptors (Lipinski definition) is 5. The van der Waals surface area contributed by atoms with Crippen LogP contribution >= 0.6 is 0 Å². The maximum Gasteiger partial charge on any atom is 0.177 e. The van der Waals surface area contributed by atoms with Gasteiger partial charge in [0.25, 0.3) is 0 Å². The average Bonchev–Trinajstić information content (AvgIpc) is 3.47. The number of fused-ring (bicyclic) bond motifs is 4. The number of hydrogen-bond donors (Lipinski definition) is 1. The molecule has 6 rings (SSSR count). The molecule has 0 fully saturated rings. The van der Waals surface area contributed by atoms with E-state index in [-0.39, 0.29) is 0 Å². The molecule has 3 aromatic heterocycles. The largest absolute Gasteiger partial charge is 0.452 e. The van der Waals surface area contributed by atoms with Crippen molar-refractivity contribution in [3.8, 4) is 0 Å². The van der Waals surface area contributed by atoms with E-state index in [1.54, 1.807) is 0 Å². The lowest BCUT2D eigenvalue weighted by Crippen LogP contribution is -2.02. The summed E-state index contributed by atoms with van der Waals surface area (Å²) < 4.78 is 8.13. The van der Waals surface area contributed by atoms with E-state index in [4.69, 9.17) is 9.40 Å². The van der Waals surface area contributed by atoms with Crippen LogP contribution < -0.4 is 5.32 Å². The Morgan fingerprint density at radius 2 is 1.64 bits per heavy atom. The minimum Gasteiger partial charge on any atom is -0.452 e. The summed E-state index contributed by atoms with van der Waals surface area (Å²) in [6.07, 6.45) is 4.06. The van der Waals surface area contributed by atoms with E-state index < -0.39 is 0 Å². The highest BCUT2D eigenvalue weighted by molar-refractivity contribution is 6.13. The number of anilines is 1. The third kappa shape index (κ3) is 3.80. The molecule has 0 saturated carbocycles. The fraction of sp³-hybridized carbons (Fsp3) is 0.148.